The molecule has 2 rings (SSSR count). The third kappa shape index (κ3) is 2.82. The minimum absolute atomic E-state index is 0.0192. The van der Waals surface area contributed by atoms with Crippen molar-refractivity contribution in [3.05, 3.63) is 12.2 Å². The van der Waals surface area contributed by atoms with Gasteiger partial charge in [-0.2, -0.15) is 0 Å². The van der Waals surface area contributed by atoms with Gasteiger partial charge < -0.3 is 10.2 Å². The Labute approximate surface area is 115 Å². The van der Waals surface area contributed by atoms with Crippen LogP contribution in [0.25, 0.3) is 0 Å². The highest BCUT2D eigenvalue weighted by atomic mass is 16.2. The minimum atomic E-state index is -0.623. The zero-order valence-corrected chi connectivity index (χ0v) is 11.9. The molecule has 19 heavy (non-hydrogen) atoms. The largest absolute Gasteiger partial charge is 0.342 e. The van der Waals surface area contributed by atoms with Crippen LogP contribution < -0.4 is 5.32 Å². The molecule has 1 saturated carbocycles. The first-order chi connectivity index (χ1) is 9.09. The molecule has 4 nitrogen and oxygen atoms in total. The normalized spacial score (nSPS) is 27.7. The van der Waals surface area contributed by atoms with Crippen molar-refractivity contribution in [2.24, 2.45) is 0 Å². The lowest BCUT2D eigenvalue weighted by molar-refractivity contribution is -0.141. The summed E-state index contributed by atoms with van der Waals surface area (Å²) in [4.78, 5) is 26.7. The van der Waals surface area contributed by atoms with E-state index in [2.05, 4.69) is 5.32 Å². The van der Waals surface area contributed by atoms with E-state index in [1.165, 1.54) is 0 Å². The van der Waals surface area contributed by atoms with Crippen molar-refractivity contribution in [3.8, 4) is 0 Å². The summed E-state index contributed by atoms with van der Waals surface area (Å²) in [5, 5.41) is 3.03. The van der Waals surface area contributed by atoms with E-state index in [1.807, 2.05) is 30.9 Å². The third-order valence-electron chi connectivity index (χ3n) is 4.31. The summed E-state index contributed by atoms with van der Waals surface area (Å²) < 4.78 is 0. The first kappa shape index (κ1) is 14.1. The summed E-state index contributed by atoms with van der Waals surface area (Å²) in [6.45, 7) is 4.52. The molecule has 1 spiro atoms. The number of rotatable bonds is 2. The fraction of sp³-hybridized carbons (Fsp3) is 0.733. The summed E-state index contributed by atoms with van der Waals surface area (Å²) in [6.07, 6.45) is 9.14. The highest BCUT2D eigenvalue weighted by Gasteiger charge is 2.46. The Morgan fingerprint density at radius 1 is 1.32 bits per heavy atom. The molecule has 1 unspecified atom stereocenters. The number of hydrogen-bond acceptors (Lipinski definition) is 2. The van der Waals surface area contributed by atoms with Gasteiger partial charge in [-0.25, -0.2) is 0 Å². The first-order valence-electron chi connectivity index (χ1n) is 7.32. The highest BCUT2D eigenvalue weighted by Crippen LogP contribution is 2.32. The Balaban J connectivity index is 2.27. The lowest BCUT2D eigenvalue weighted by Crippen LogP contribution is -2.58. The molecule has 106 valence electrons. The lowest BCUT2D eigenvalue weighted by Gasteiger charge is -2.38. The van der Waals surface area contributed by atoms with E-state index in [4.69, 9.17) is 0 Å². The number of nitrogens with zero attached hydrogens (tertiary/aromatic N) is 1. The van der Waals surface area contributed by atoms with Crippen molar-refractivity contribution >= 4 is 11.8 Å². The van der Waals surface area contributed by atoms with Gasteiger partial charge in [-0.1, -0.05) is 31.4 Å². The number of carbonyl (C=O) groups excluding carboxylic acids is 2. The lowest BCUT2D eigenvalue weighted by atomic mass is 9.80. The first-order valence-corrected chi connectivity index (χ1v) is 7.32. The standard InChI is InChI=1S/C15H24N2O2/c1-3-4-10-17-12(2)11-13(18)16-15(14(17)19)8-6-5-7-9-15/h3-4,12H,5-11H2,1-2H3,(H,16,18)/b4-3+. The number of amides is 2. The van der Waals surface area contributed by atoms with Crippen molar-refractivity contribution in [2.75, 3.05) is 6.54 Å². The van der Waals surface area contributed by atoms with Crippen molar-refractivity contribution in [1.29, 1.82) is 0 Å². The van der Waals surface area contributed by atoms with Crippen LogP contribution >= 0.6 is 0 Å². The SMILES string of the molecule is C/C=C/CN1C(=O)C2(CCCCC2)NC(=O)CC1C. The van der Waals surface area contributed by atoms with E-state index in [0.717, 1.165) is 32.1 Å². The van der Waals surface area contributed by atoms with E-state index >= 15 is 0 Å². The zero-order chi connectivity index (χ0) is 13.9. The second kappa shape index (κ2) is 5.76. The fourth-order valence-corrected chi connectivity index (χ4v) is 3.20. The van der Waals surface area contributed by atoms with Crippen molar-refractivity contribution in [2.45, 2.75) is 64.0 Å². The van der Waals surface area contributed by atoms with E-state index in [-0.39, 0.29) is 17.9 Å². The van der Waals surface area contributed by atoms with Crippen molar-refractivity contribution < 1.29 is 9.59 Å². The molecule has 1 atom stereocenters. The van der Waals surface area contributed by atoms with Crippen LogP contribution in [0.5, 0.6) is 0 Å². The molecule has 0 aromatic heterocycles. The van der Waals surface area contributed by atoms with Crippen LogP contribution in [0.15, 0.2) is 12.2 Å². The van der Waals surface area contributed by atoms with Gasteiger partial charge in [0.2, 0.25) is 11.8 Å². The Morgan fingerprint density at radius 3 is 2.63 bits per heavy atom. The van der Waals surface area contributed by atoms with Crippen LogP contribution in [0, 0.1) is 0 Å². The van der Waals surface area contributed by atoms with Gasteiger partial charge in [-0.15, -0.1) is 0 Å². The Bertz CT molecular complexity index is 384. The van der Waals surface area contributed by atoms with E-state index < -0.39 is 5.54 Å². The van der Waals surface area contributed by atoms with Crippen LogP contribution in [0.2, 0.25) is 0 Å². The molecular weight excluding hydrogens is 240 g/mol. The van der Waals surface area contributed by atoms with Crippen LogP contribution in [0.3, 0.4) is 0 Å². The highest BCUT2D eigenvalue weighted by molar-refractivity contribution is 5.94. The average Bonchev–Trinajstić information content (AvgIpc) is 2.46. The van der Waals surface area contributed by atoms with Crippen LogP contribution in [-0.2, 0) is 9.59 Å². The van der Waals surface area contributed by atoms with E-state index in [9.17, 15) is 9.59 Å². The van der Waals surface area contributed by atoms with E-state index in [0.29, 0.717) is 13.0 Å². The number of nitrogens with one attached hydrogen (secondary N) is 1. The van der Waals surface area contributed by atoms with Gasteiger partial charge in [0.05, 0.1) is 0 Å². The number of allylic oxidation sites excluding steroid dienone is 1. The molecule has 0 bridgehead atoms. The van der Waals surface area contributed by atoms with Crippen molar-refractivity contribution in [1.82, 2.24) is 10.2 Å². The van der Waals surface area contributed by atoms with E-state index in [1.54, 1.807) is 0 Å². The maximum absolute atomic E-state index is 12.9. The van der Waals surface area contributed by atoms with Gasteiger partial charge in [0.1, 0.15) is 5.54 Å². The van der Waals surface area contributed by atoms with Crippen LogP contribution in [-0.4, -0.2) is 34.8 Å². The third-order valence-corrected chi connectivity index (χ3v) is 4.31. The van der Waals surface area contributed by atoms with Crippen molar-refractivity contribution in [3.63, 3.8) is 0 Å². The summed E-state index contributed by atoms with van der Waals surface area (Å²) in [7, 11) is 0. The predicted molar refractivity (Wildman–Crippen MR) is 74.6 cm³/mol. The average molecular weight is 264 g/mol. The summed E-state index contributed by atoms with van der Waals surface area (Å²) in [6, 6.07) is -0.0231. The zero-order valence-electron chi connectivity index (χ0n) is 11.9. The number of hydrogen-bond donors (Lipinski definition) is 1. The smallest absolute Gasteiger partial charge is 0.248 e. The fourth-order valence-electron chi connectivity index (χ4n) is 3.20. The Hall–Kier alpha value is -1.32. The molecule has 1 heterocycles. The monoisotopic (exact) mass is 264 g/mol. The summed E-state index contributed by atoms with van der Waals surface area (Å²) >= 11 is 0. The molecule has 0 aromatic carbocycles. The van der Waals surface area contributed by atoms with Gasteiger partial charge in [-0.3, -0.25) is 9.59 Å². The molecule has 2 fully saturated rings. The maximum Gasteiger partial charge on any atom is 0.248 e. The second-order valence-corrected chi connectivity index (χ2v) is 5.77. The molecule has 2 amide bonds. The van der Waals surface area contributed by atoms with Gasteiger partial charge in [0.25, 0.3) is 0 Å². The quantitative estimate of drug-likeness (QED) is 0.776. The molecule has 0 radical (unpaired) electrons. The molecule has 1 saturated heterocycles. The second-order valence-electron chi connectivity index (χ2n) is 5.77. The molecule has 2 aliphatic rings. The van der Waals surface area contributed by atoms with Gasteiger partial charge >= 0.3 is 0 Å². The number of carbonyl (C=O) groups is 2. The molecule has 1 aliphatic heterocycles. The molecule has 1 N–H and O–H groups in total. The molecule has 4 heteroatoms. The van der Waals surface area contributed by atoms with Crippen LogP contribution in [0.4, 0.5) is 0 Å². The molecule has 0 aromatic rings. The van der Waals surface area contributed by atoms with Crippen LogP contribution in [0.1, 0.15) is 52.4 Å². The Morgan fingerprint density at radius 2 is 2.00 bits per heavy atom. The topological polar surface area (TPSA) is 49.4 Å². The molecule has 1 aliphatic carbocycles. The minimum Gasteiger partial charge on any atom is -0.342 e. The van der Waals surface area contributed by atoms with Gasteiger partial charge in [0.15, 0.2) is 0 Å². The van der Waals surface area contributed by atoms with Gasteiger partial charge in [-0.05, 0) is 26.7 Å². The predicted octanol–water partition coefficient (Wildman–Crippen LogP) is 2.00. The summed E-state index contributed by atoms with van der Waals surface area (Å²) in [5.74, 6) is 0.134. The maximum atomic E-state index is 12.9. The Kier molecular flexibility index (Phi) is 4.27. The summed E-state index contributed by atoms with van der Waals surface area (Å²) in [5.41, 5.74) is -0.623. The van der Waals surface area contributed by atoms with Gasteiger partial charge in [0, 0.05) is 19.0 Å². The molecular formula is C15H24N2O2.